The second-order valence-electron chi connectivity index (χ2n) is 11.2. The van der Waals surface area contributed by atoms with E-state index < -0.39 is 42.9 Å². The first-order valence-electron chi connectivity index (χ1n) is 15.4. The predicted octanol–water partition coefficient (Wildman–Crippen LogP) is 4.87. The third-order valence-electron chi connectivity index (χ3n) is 7.94. The zero-order valence-corrected chi connectivity index (χ0v) is 28.7. The summed E-state index contributed by atoms with van der Waals surface area (Å²) in [5, 5.41) is 15.9. The lowest BCUT2D eigenvalue weighted by atomic mass is 10.0. The summed E-state index contributed by atoms with van der Waals surface area (Å²) in [6.45, 7) is 7.40. The number of nitrogens with two attached hydrogens (primary N) is 1. The molecule has 0 amide bonds. The number of imidazole rings is 1. The van der Waals surface area contributed by atoms with Crippen LogP contribution in [0.5, 0.6) is 11.6 Å². The number of rotatable bonds is 15. The second-order valence-corrected chi connectivity index (χ2v) is 14.2. The molecule has 1 saturated heterocycles. The maximum atomic E-state index is 14.4. The molecule has 0 saturated carbocycles. The van der Waals surface area contributed by atoms with Crippen LogP contribution in [0.2, 0.25) is 0 Å². The van der Waals surface area contributed by atoms with E-state index in [1.165, 1.54) is 25.0 Å². The van der Waals surface area contributed by atoms with Crippen molar-refractivity contribution in [1.29, 1.82) is 0 Å². The number of esters is 1. The number of aliphatic hydroxyl groups excluding tert-OH is 1. The fraction of sp³-hybridized carbons (Fsp3) is 0.484. The van der Waals surface area contributed by atoms with Crippen molar-refractivity contribution in [1.82, 2.24) is 24.6 Å². The topological polar surface area (TPSA) is 182 Å². The molecule has 47 heavy (non-hydrogen) atoms. The van der Waals surface area contributed by atoms with Crippen molar-refractivity contribution in [2.24, 2.45) is 0 Å². The van der Waals surface area contributed by atoms with Gasteiger partial charge in [-0.25, -0.2) is 9.55 Å². The Bertz CT molecular complexity index is 1750. The van der Waals surface area contributed by atoms with Crippen LogP contribution >= 0.6 is 19.5 Å². The maximum absolute atomic E-state index is 14.4. The summed E-state index contributed by atoms with van der Waals surface area (Å²) in [5.74, 6) is -0.0852. The fourth-order valence-electron chi connectivity index (χ4n) is 5.30. The quantitative estimate of drug-likeness (QED) is 0.0874. The molecule has 1 unspecified atom stereocenters. The van der Waals surface area contributed by atoms with Crippen molar-refractivity contribution in [3.63, 3.8) is 0 Å². The smallest absolute Gasteiger partial charge is 0.459 e. The number of benzene rings is 2. The molecule has 0 spiro atoms. The largest absolute Gasteiger partial charge is 0.476 e. The van der Waals surface area contributed by atoms with Crippen LogP contribution in [-0.4, -0.2) is 79.7 Å². The molecular formula is C31H41N6O8PS. The van der Waals surface area contributed by atoms with Gasteiger partial charge in [-0.15, -0.1) is 0 Å². The lowest BCUT2D eigenvalue weighted by Gasteiger charge is -2.31. The van der Waals surface area contributed by atoms with Gasteiger partial charge in [0.2, 0.25) is 11.8 Å². The van der Waals surface area contributed by atoms with Crippen molar-refractivity contribution in [2.75, 3.05) is 31.8 Å². The standard InChI is InChI=1S/C31H41N6O8PS/c1-6-8-16-42-28(39)19(3)36-46(40,45-22-15-11-13-20-12-9-10-14-21(20)22)43-17-23-25(38)31(4,47-5)29(44-23)37-18-33-24-26(37)34-30(32)35-27(24)41-7-2/h9-15,18-19,23,25,29,38H,6-8,16-17H2,1-5H3,(H,36,40)(H2,32,34,35)/t19-,23+,25+,29+,31+,46?/m0/s1. The summed E-state index contributed by atoms with van der Waals surface area (Å²) < 4.78 is 44.5. The van der Waals surface area contributed by atoms with Crippen LogP contribution in [0.25, 0.3) is 21.9 Å². The maximum Gasteiger partial charge on any atom is 0.459 e. The average molecular weight is 689 g/mol. The Balaban J connectivity index is 1.42. The molecule has 4 aromatic rings. The van der Waals surface area contributed by atoms with Gasteiger partial charge in [0, 0.05) is 5.39 Å². The monoisotopic (exact) mass is 688 g/mol. The number of nitrogen functional groups attached to an aromatic ring is 1. The molecule has 3 heterocycles. The van der Waals surface area contributed by atoms with E-state index in [-0.39, 0.29) is 30.8 Å². The third kappa shape index (κ3) is 7.35. The normalized spacial score (nSPS) is 23.1. The number of anilines is 1. The first-order chi connectivity index (χ1) is 22.5. The molecule has 2 aromatic heterocycles. The molecule has 16 heteroatoms. The average Bonchev–Trinajstić information content (AvgIpc) is 3.58. The zero-order chi connectivity index (χ0) is 33.8. The molecule has 0 radical (unpaired) electrons. The Morgan fingerprint density at radius 1 is 1.23 bits per heavy atom. The molecule has 1 aliphatic heterocycles. The highest BCUT2D eigenvalue weighted by molar-refractivity contribution is 8.00. The summed E-state index contributed by atoms with van der Waals surface area (Å²) in [6.07, 6.45) is 2.05. The molecule has 2 aromatic carbocycles. The lowest BCUT2D eigenvalue weighted by Crippen LogP contribution is -2.42. The molecule has 1 aliphatic rings. The molecule has 6 atom stereocenters. The van der Waals surface area contributed by atoms with Gasteiger partial charge in [-0.3, -0.25) is 13.9 Å². The van der Waals surface area contributed by atoms with Gasteiger partial charge in [0.15, 0.2) is 17.4 Å². The summed E-state index contributed by atoms with van der Waals surface area (Å²) in [5.41, 5.74) is 6.73. The first kappa shape index (κ1) is 34.9. The van der Waals surface area contributed by atoms with Crippen LogP contribution in [0.15, 0.2) is 48.8 Å². The van der Waals surface area contributed by atoms with Crippen molar-refractivity contribution in [2.45, 2.75) is 69.8 Å². The van der Waals surface area contributed by atoms with Gasteiger partial charge in [0.25, 0.3) is 0 Å². The highest BCUT2D eigenvalue weighted by Gasteiger charge is 2.55. The minimum Gasteiger partial charge on any atom is -0.476 e. The molecular weight excluding hydrogens is 647 g/mol. The number of ether oxygens (including phenoxy) is 3. The van der Waals surface area contributed by atoms with Crippen LogP contribution in [0.4, 0.5) is 5.95 Å². The van der Waals surface area contributed by atoms with E-state index in [0.29, 0.717) is 29.6 Å². The number of hydrogen-bond donors (Lipinski definition) is 3. The summed E-state index contributed by atoms with van der Waals surface area (Å²) in [7, 11) is -4.29. The van der Waals surface area contributed by atoms with E-state index in [9.17, 15) is 14.5 Å². The highest BCUT2D eigenvalue weighted by atomic mass is 32.2. The fourth-order valence-corrected chi connectivity index (χ4v) is 7.58. The van der Waals surface area contributed by atoms with E-state index in [4.69, 9.17) is 29.0 Å². The van der Waals surface area contributed by atoms with E-state index in [2.05, 4.69) is 20.0 Å². The number of thioether (sulfide) groups is 1. The summed E-state index contributed by atoms with van der Waals surface area (Å²) in [4.78, 5) is 25.7. The number of aromatic nitrogens is 4. The Kier molecular flexibility index (Phi) is 10.9. The molecule has 254 valence electrons. The zero-order valence-electron chi connectivity index (χ0n) is 27.0. The van der Waals surface area contributed by atoms with Crippen LogP contribution in [0.3, 0.4) is 0 Å². The third-order valence-corrected chi connectivity index (χ3v) is 10.9. The first-order valence-corrected chi connectivity index (χ1v) is 18.2. The van der Waals surface area contributed by atoms with Crippen LogP contribution < -0.4 is 20.1 Å². The lowest BCUT2D eigenvalue weighted by molar-refractivity contribution is -0.145. The van der Waals surface area contributed by atoms with Crippen LogP contribution in [-0.2, 0) is 23.4 Å². The van der Waals surface area contributed by atoms with E-state index >= 15 is 0 Å². The van der Waals surface area contributed by atoms with Gasteiger partial charge in [-0.05, 0) is 44.9 Å². The number of carbonyl (C=O) groups is 1. The predicted molar refractivity (Wildman–Crippen MR) is 179 cm³/mol. The molecule has 5 rings (SSSR count). The number of carbonyl (C=O) groups excluding carboxylic acids is 1. The van der Waals surface area contributed by atoms with Gasteiger partial charge in [-0.2, -0.15) is 26.8 Å². The number of nitrogens with one attached hydrogen (secondary N) is 1. The van der Waals surface area contributed by atoms with E-state index in [0.717, 1.165) is 11.8 Å². The van der Waals surface area contributed by atoms with Crippen molar-refractivity contribution >= 4 is 53.4 Å². The van der Waals surface area contributed by atoms with Crippen LogP contribution in [0.1, 0.15) is 46.8 Å². The molecule has 1 fully saturated rings. The van der Waals surface area contributed by atoms with Gasteiger partial charge >= 0.3 is 13.7 Å². The van der Waals surface area contributed by atoms with E-state index in [1.807, 2.05) is 57.4 Å². The number of hydrogen-bond acceptors (Lipinski definition) is 13. The minimum absolute atomic E-state index is 0.00748. The van der Waals surface area contributed by atoms with Crippen LogP contribution in [0, 0.1) is 0 Å². The molecule has 14 nitrogen and oxygen atoms in total. The Hall–Kier alpha value is -3.46. The van der Waals surface area contributed by atoms with Gasteiger partial charge in [-0.1, -0.05) is 49.7 Å². The van der Waals surface area contributed by atoms with Gasteiger partial charge in [0.05, 0.1) is 30.9 Å². The summed E-state index contributed by atoms with van der Waals surface area (Å²) in [6, 6.07) is 11.8. The summed E-state index contributed by atoms with van der Waals surface area (Å²) >= 11 is 1.38. The van der Waals surface area contributed by atoms with Crippen molar-refractivity contribution < 1.29 is 37.7 Å². The number of unbranched alkanes of at least 4 members (excludes halogenated alkanes) is 1. The Morgan fingerprint density at radius 2 is 2.00 bits per heavy atom. The molecule has 0 bridgehead atoms. The highest BCUT2D eigenvalue weighted by Crippen LogP contribution is 2.51. The number of aliphatic hydroxyl groups is 1. The van der Waals surface area contributed by atoms with Gasteiger partial charge < -0.3 is 29.6 Å². The second kappa shape index (κ2) is 14.8. The minimum atomic E-state index is -4.29. The Morgan fingerprint density at radius 3 is 2.74 bits per heavy atom. The Labute approximate surface area is 277 Å². The van der Waals surface area contributed by atoms with Crippen molar-refractivity contribution in [3.8, 4) is 11.6 Å². The number of fused-ring (bicyclic) bond motifs is 2. The van der Waals surface area contributed by atoms with Gasteiger partial charge in [0.1, 0.15) is 24.0 Å². The molecule has 0 aliphatic carbocycles. The van der Waals surface area contributed by atoms with Crippen molar-refractivity contribution in [3.05, 3.63) is 48.8 Å². The molecule has 4 N–H and O–H groups in total. The van der Waals surface area contributed by atoms with E-state index in [1.54, 1.807) is 16.7 Å². The number of nitrogens with zero attached hydrogens (tertiary/aromatic N) is 4. The SMILES string of the molecule is CCCCOC(=O)[C@H](C)NP(=O)(OC[C@H]1O[C@@H](n2cnc3c(OCC)nc(N)nc32)[C@](C)(SC)[C@@H]1O)Oc1cccc2ccccc12.